The molecule has 0 bridgehead atoms. The maximum absolute atomic E-state index is 12.2. The lowest BCUT2D eigenvalue weighted by Gasteiger charge is -2.26. The van der Waals surface area contributed by atoms with Gasteiger partial charge in [0.2, 0.25) is 0 Å². The smallest absolute Gasteiger partial charge is 0.326 e. The van der Waals surface area contributed by atoms with Crippen molar-refractivity contribution in [2.75, 3.05) is 13.1 Å². The third kappa shape index (κ3) is 8.02. The second-order valence-electron chi connectivity index (χ2n) is 6.10. The molecule has 2 N–H and O–H groups in total. The number of hydrogen-bond acceptors (Lipinski definition) is 2. The molecule has 118 valence electrons. The van der Waals surface area contributed by atoms with Crippen LogP contribution in [0, 0.1) is 11.8 Å². The summed E-state index contributed by atoms with van der Waals surface area (Å²) in [6.45, 7) is 11.6. The molecule has 0 aliphatic carbocycles. The maximum Gasteiger partial charge on any atom is 0.326 e. The number of aliphatic carboxylic acids is 1. The van der Waals surface area contributed by atoms with Crippen molar-refractivity contribution in [3.63, 3.8) is 0 Å². The summed E-state index contributed by atoms with van der Waals surface area (Å²) >= 11 is 0. The summed E-state index contributed by atoms with van der Waals surface area (Å²) in [6, 6.07) is -1.07. The maximum atomic E-state index is 12.2. The summed E-state index contributed by atoms with van der Waals surface area (Å²) in [5.74, 6) is 0.0603. The number of hydrogen-bond donors (Lipinski definition) is 2. The minimum atomic E-state index is -0.978. The van der Waals surface area contributed by atoms with Gasteiger partial charge in [0.05, 0.1) is 0 Å². The van der Waals surface area contributed by atoms with Crippen molar-refractivity contribution in [3.05, 3.63) is 0 Å². The Hall–Kier alpha value is -1.26. The summed E-state index contributed by atoms with van der Waals surface area (Å²) in [5, 5.41) is 11.6. The fourth-order valence-corrected chi connectivity index (χ4v) is 1.72. The van der Waals surface area contributed by atoms with E-state index in [1.807, 2.05) is 0 Å². The number of nitrogens with zero attached hydrogens (tertiary/aromatic N) is 1. The molecule has 0 aromatic carbocycles. The van der Waals surface area contributed by atoms with E-state index in [-0.39, 0.29) is 6.03 Å². The van der Waals surface area contributed by atoms with Crippen LogP contribution < -0.4 is 5.32 Å². The third-order valence-corrected chi connectivity index (χ3v) is 3.24. The van der Waals surface area contributed by atoms with Crippen LogP contribution in [-0.4, -0.2) is 41.1 Å². The van der Waals surface area contributed by atoms with Gasteiger partial charge in [-0.3, -0.25) is 0 Å². The first kappa shape index (κ1) is 18.7. The number of nitrogens with one attached hydrogen (secondary N) is 1. The molecule has 0 aliphatic heterocycles. The normalized spacial score (nSPS) is 12.6. The van der Waals surface area contributed by atoms with Gasteiger partial charge >= 0.3 is 12.0 Å². The van der Waals surface area contributed by atoms with Gasteiger partial charge in [-0.2, -0.15) is 0 Å². The average molecular weight is 286 g/mol. The van der Waals surface area contributed by atoms with E-state index in [1.165, 1.54) is 0 Å². The zero-order valence-electron chi connectivity index (χ0n) is 13.5. The van der Waals surface area contributed by atoms with E-state index in [0.717, 1.165) is 12.8 Å². The summed E-state index contributed by atoms with van der Waals surface area (Å²) in [7, 11) is 0. The van der Waals surface area contributed by atoms with E-state index in [0.29, 0.717) is 31.3 Å². The first-order chi connectivity index (χ1) is 9.27. The monoisotopic (exact) mass is 286 g/mol. The van der Waals surface area contributed by atoms with Crippen LogP contribution in [0.5, 0.6) is 0 Å². The summed E-state index contributed by atoms with van der Waals surface area (Å²) in [5.41, 5.74) is 0. The molecule has 0 unspecified atom stereocenters. The molecule has 0 aliphatic rings. The van der Waals surface area contributed by atoms with Crippen molar-refractivity contribution in [3.8, 4) is 0 Å². The highest BCUT2D eigenvalue weighted by Gasteiger charge is 2.21. The second kappa shape index (κ2) is 9.61. The molecule has 2 amide bonds. The predicted octanol–water partition coefficient (Wildman–Crippen LogP) is 2.95. The first-order valence-corrected chi connectivity index (χ1v) is 7.56. The number of carbonyl (C=O) groups excluding carboxylic acids is 1. The molecule has 0 aromatic heterocycles. The Bertz CT molecular complexity index is 291. The minimum Gasteiger partial charge on any atom is -0.480 e. The van der Waals surface area contributed by atoms with E-state index in [9.17, 15) is 9.59 Å². The fraction of sp³-hybridized carbons (Fsp3) is 0.867. The second-order valence-corrected chi connectivity index (χ2v) is 6.10. The number of carboxylic acids is 1. The summed E-state index contributed by atoms with van der Waals surface area (Å²) in [4.78, 5) is 24.9. The van der Waals surface area contributed by atoms with Crippen molar-refractivity contribution >= 4 is 12.0 Å². The number of carbonyl (C=O) groups is 2. The standard InChI is InChI=1S/C15H30N2O3/c1-6-13(14(18)19)16-15(20)17(9-7-11(2)3)10-8-12(4)5/h11-13H,6-10H2,1-5H3,(H,16,20)(H,18,19)/t13-/m1/s1. The van der Waals surface area contributed by atoms with Crippen LogP contribution in [0.4, 0.5) is 4.79 Å². The molecule has 0 spiro atoms. The summed E-state index contributed by atoms with van der Waals surface area (Å²) < 4.78 is 0. The van der Waals surface area contributed by atoms with Crippen LogP contribution in [0.15, 0.2) is 0 Å². The number of amides is 2. The van der Waals surface area contributed by atoms with Crippen LogP contribution in [0.25, 0.3) is 0 Å². The molecule has 0 saturated heterocycles. The lowest BCUT2D eigenvalue weighted by molar-refractivity contribution is -0.139. The average Bonchev–Trinajstić information content (AvgIpc) is 2.34. The van der Waals surface area contributed by atoms with Crippen molar-refractivity contribution < 1.29 is 14.7 Å². The van der Waals surface area contributed by atoms with Gasteiger partial charge in [-0.15, -0.1) is 0 Å². The van der Waals surface area contributed by atoms with Gasteiger partial charge in [-0.05, 0) is 31.1 Å². The third-order valence-electron chi connectivity index (χ3n) is 3.24. The largest absolute Gasteiger partial charge is 0.480 e. The molecule has 0 heterocycles. The molecule has 0 aromatic rings. The van der Waals surface area contributed by atoms with Crippen LogP contribution in [0.2, 0.25) is 0 Å². The summed E-state index contributed by atoms with van der Waals surface area (Å²) in [6.07, 6.45) is 2.24. The van der Waals surface area contributed by atoms with Gasteiger partial charge in [0.15, 0.2) is 0 Å². The van der Waals surface area contributed by atoms with Crippen molar-refractivity contribution in [1.29, 1.82) is 0 Å². The van der Waals surface area contributed by atoms with Gasteiger partial charge < -0.3 is 15.3 Å². The zero-order chi connectivity index (χ0) is 15.7. The van der Waals surface area contributed by atoms with Crippen LogP contribution in [0.1, 0.15) is 53.9 Å². The highest BCUT2D eigenvalue weighted by molar-refractivity contribution is 5.82. The van der Waals surface area contributed by atoms with Crippen molar-refractivity contribution in [2.24, 2.45) is 11.8 Å². The number of carboxylic acid groups (broad SMARTS) is 1. The first-order valence-electron chi connectivity index (χ1n) is 7.56. The zero-order valence-corrected chi connectivity index (χ0v) is 13.5. The lowest BCUT2D eigenvalue weighted by Crippen LogP contribution is -2.48. The quantitative estimate of drug-likeness (QED) is 0.684. The van der Waals surface area contributed by atoms with Crippen molar-refractivity contribution in [2.45, 2.75) is 59.9 Å². The Labute approximate surface area is 122 Å². The Kier molecular flexibility index (Phi) is 9.01. The molecule has 0 fully saturated rings. The van der Waals surface area contributed by atoms with E-state index in [1.54, 1.807) is 11.8 Å². The Balaban J connectivity index is 4.55. The van der Waals surface area contributed by atoms with E-state index in [2.05, 4.69) is 33.0 Å². The number of rotatable bonds is 9. The van der Waals surface area contributed by atoms with Gasteiger partial charge in [0, 0.05) is 13.1 Å². The molecule has 0 rings (SSSR count). The predicted molar refractivity (Wildman–Crippen MR) is 80.7 cm³/mol. The molecule has 1 atom stereocenters. The highest BCUT2D eigenvalue weighted by atomic mass is 16.4. The van der Waals surface area contributed by atoms with E-state index >= 15 is 0 Å². The topological polar surface area (TPSA) is 69.6 Å². The van der Waals surface area contributed by atoms with E-state index < -0.39 is 12.0 Å². The molecule has 0 saturated carbocycles. The highest BCUT2D eigenvalue weighted by Crippen LogP contribution is 2.07. The molecule has 0 radical (unpaired) electrons. The molecule has 5 nitrogen and oxygen atoms in total. The van der Waals surface area contributed by atoms with Crippen LogP contribution in [0.3, 0.4) is 0 Å². The molecular formula is C15H30N2O3. The molecule has 20 heavy (non-hydrogen) atoms. The lowest BCUT2D eigenvalue weighted by atomic mass is 10.1. The molecular weight excluding hydrogens is 256 g/mol. The van der Waals surface area contributed by atoms with Crippen LogP contribution in [-0.2, 0) is 4.79 Å². The van der Waals surface area contributed by atoms with Gasteiger partial charge in [-0.25, -0.2) is 9.59 Å². The Morgan fingerprint density at radius 3 is 1.80 bits per heavy atom. The fourth-order valence-electron chi connectivity index (χ4n) is 1.72. The Morgan fingerprint density at radius 2 is 1.50 bits per heavy atom. The van der Waals surface area contributed by atoms with Crippen LogP contribution >= 0.6 is 0 Å². The minimum absolute atomic E-state index is 0.263. The Morgan fingerprint density at radius 1 is 1.05 bits per heavy atom. The molecule has 5 heteroatoms. The van der Waals surface area contributed by atoms with Gasteiger partial charge in [0.25, 0.3) is 0 Å². The van der Waals surface area contributed by atoms with Gasteiger partial charge in [-0.1, -0.05) is 34.6 Å². The van der Waals surface area contributed by atoms with E-state index in [4.69, 9.17) is 5.11 Å². The SMILES string of the molecule is CC[C@@H](NC(=O)N(CCC(C)C)CCC(C)C)C(=O)O. The van der Waals surface area contributed by atoms with Gasteiger partial charge in [0.1, 0.15) is 6.04 Å². The number of urea groups is 1. The van der Waals surface area contributed by atoms with Crippen molar-refractivity contribution in [1.82, 2.24) is 10.2 Å².